The average molecular weight is 227 g/mol. The zero-order valence-electron chi connectivity index (χ0n) is 5.84. The van der Waals surface area contributed by atoms with Crippen LogP contribution >= 0.6 is 0 Å². The summed E-state index contributed by atoms with van der Waals surface area (Å²) >= 11 is -0.304. The molecule has 1 aliphatic rings. The molecule has 1 rings (SSSR count). The number of rotatable bonds is 1. The third-order valence-corrected chi connectivity index (χ3v) is 2.71. The van der Waals surface area contributed by atoms with Crippen LogP contribution in [-0.4, -0.2) is 3.93 Å². The van der Waals surface area contributed by atoms with Crippen LogP contribution in [0, 0.1) is 0 Å². The first kappa shape index (κ1) is 8.16. The molecule has 1 nitrogen and oxygen atoms in total. The summed E-state index contributed by atoms with van der Waals surface area (Å²) in [6.45, 7) is 0. The van der Waals surface area contributed by atoms with E-state index in [4.69, 9.17) is 3.93 Å². The van der Waals surface area contributed by atoms with E-state index in [0.717, 1.165) is 25.7 Å². The normalized spacial score (nSPS) is 19.9. The average Bonchev–Trinajstić information content (AvgIpc) is 1.87. The van der Waals surface area contributed by atoms with Crippen LogP contribution in [0.2, 0.25) is 0 Å². The molecule has 0 amide bonds. The molecule has 0 atom stereocenters. The molecule has 10 heavy (non-hydrogen) atoms. The van der Waals surface area contributed by atoms with E-state index in [1.807, 2.05) is 0 Å². The number of hydrogen-bond acceptors (Lipinski definition) is 1. The van der Waals surface area contributed by atoms with E-state index in [2.05, 4.69) is 18.2 Å². The molecule has 60 valence electrons. The summed E-state index contributed by atoms with van der Waals surface area (Å²) in [7, 11) is 0. The van der Waals surface area contributed by atoms with Gasteiger partial charge in [-0.1, -0.05) is 0 Å². The standard InChI is InChI=1S/C8H11.H2O.Rh/c1-2-4-6-8-7-5-3-1;;/h1-2,7H,3-6H2;1H2;/p-1. The Bertz CT molecular complexity index is 149. The van der Waals surface area contributed by atoms with E-state index in [-0.39, 0.29) is 17.5 Å². The summed E-state index contributed by atoms with van der Waals surface area (Å²) in [5.41, 5.74) is 0. The van der Waals surface area contributed by atoms with Gasteiger partial charge in [0.1, 0.15) is 0 Å². The van der Waals surface area contributed by atoms with Crippen molar-refractivity contribution < 1.29 is 21.4 Å². The predicted octanol–water partition coefficient (Wildman–Crippen LogP) is 1.99. The third kappa shape index (κ3) is 2.76. The van der Waals surface area contributed by atoms with Gasteiger partial charge in [-0.05, 0) is 0 Å². The maximum atomic E-state index is 8.89. The molecule has 1 aliphatic carbocycles. The molecule has 0 aliphatic heterocycles. The van der Waals surface area contributed by atoms with Gasteiger partial charge in [0.15, 0.2) is 0 Å². The van der Waals surface area contributed by atoms with E-state index >= 15 is 0 Å². The Labute approximate surface area is 69.8 Å². The molecule has 0 aromatic heterocycles. The molecule has 0 fully saturated rings. The van der Waals surface area contributed by atoms with Gasteiger partial charge in [-0.2, -0.15) is 0 Å². The van der Waals surface area contributed by atoms with Gasteiger partial charge in [0.05, 0.1) is 0 Å². The van der Waals surface area contributed by atoms with Gasteiger partial charge in [0.2, 0.25) is 0 Å². The summed E-state index contributed by atoms with van der Waals surface area (Å²) in [6, 6.07) is 0. The Morgan fingerprint density at radius 3 is 2.80 bits per heavy atom. The quantitative estimate of drug-likeness (QED) is 0.536. The Balaban J connectivity index is 2.41. The first-order chi connectivity index (χ1) is 4.93. The second-order valence-electron chi connectivity index (χ2n) is 2.28. The topological polar surface area (TPSA) is 20.2 Å². The van der Waals surface area contributed by atoms with Crippen molar-refractivity contribution in [2.75, 3.05) is 0 Å². The molecule has 0 aromatic rings. The summed E-state index contributed by atoms with van der Waals surface area (Å²) in [4.78, 5) is 0. The summed E-state index contributed by atoms with van der Waals surface area (Å²) in [5, 5.41) is 0. The summed E-state index contributed by atoms with van der Waals surface area (Å²) < 4.78 is 10.2. The van der Waals surface area contributed by atoms with Crippen molar-refractivity contribution in [2.24, 2.45) is 0 Å². The zero-order valence-corrected chi connectivity index (χ0v) is 7.48. The molecule has 2 heteroatoms. The first-order valence-corrected chi connectivity index (χ1v) is 5.07. The van der Waals surface area contributed by atoms with Gasteiger partial charge >= 0.3 is 69.5 Å². The van der Waals surface area contributed by atoms with Gasteiger partial charge < -0.3 is 0 Å². The molecular weight excluding hydrogens is 215 g/mol. The second-order valence-corrected chi connectivity index (χ2v) is 3.70. The van der Waals surface area contributed by atoms with E-state index in [1.165, 1.54) is 4.17 Å². The fourth-order valence-corrected chi connectivity index (χ4v) is 1.76. The van der Waals surface area contributed by atoms with Crippen molar-refractivity contribution in [3.8, 4) is 0 Å². The predicted molar refractivity (Wildman–Crippen MR) is 37.9 cm³/mol. The van der Waals surface area contributed by atoms with Crippen molar-refractivity contribution >= 4 is 0 Å². The number of hydrogen-bond donors (Lipinski definition) is 1. The first-order valence-electron chi connectivity index (χ1n) is 3.52. The van der Waals surface area contributed by atoms with Gasteiger partial charge in [-0.25, -0.2) is 0 Å². The fourth-order valence-electron chi connectivity index (χ4n) is 0.950. The van der Waals surface area contributed by atoms with E-state index in [9.17, 15) is 0 Å². The zero-order chi connectivity index (χ0) is 7.23. The van der Waals surface area contributed by atoms with Gasteiger partial charge in [-0.15, -0.1) is 0 Å². The molecule has 0 heterocycles. The second kappa shape index (κ2) is 4.81. The van der Waals surface area contributed by atoms with Gasteiger partial charge in [0, 0.05) is 0 Å². The van der Waals surface area contributed by atoms with Crippen molar-refractivity contribution in [3.63, 3.8) is 0 Å². The third-order valence-electron chi connectivity index (χ3n) is 1.49. The van der Waals surface area contributed by atoms with Crippen LogP contribution in [0.25, 0.3) is 0 Å². The van der Waals surface area contributed by atoms with Gasteiger partial charge in [-0.3, -0.25) is 0 Å². The molecule has 0 radical (unpaired) electrons. The molecule has 0 spiro atoms. The van der Waals surface area contributed by atoms with Crippen LogP contribution in [0.1, 0.15) is 25.7 Å². The van der Waals surface area contributed by atoms with E-state index in [0.29, 0.717) is 0 Å². The summed E-state index contributed by atoms with van der Waals surface area (Å²) in [5.74, 6) is 0. The maximum absolute atomic E-state index is 8.89. The van der Waals surface area contributed by atoms with Crippen LogP contribution < -0.4 is 0 Å². The van der Waals surface area contributed by atoms with Gasteiger partial charge in [0.25, 0.3) is 0 Å². The molecule has 0 saturated heterocycles. The van der Waals surface area contributed by atoms with Crippen molar-refractivity contribution in [1.82, 2.24) is 0 Å². The molecule has 0 bridgehead atoms. The van der Waals surface area contributed by atoms with Crippen molar-refractivity contribution in [1.29, 1.82) is 0 Å². The Hall–Kier alpha value is 0.0634. The van der Waals surface area contributed by atoms with Crippen LogP contribution in [0.5, 0.6) is 0 Å². The molecule has 0 aromatic carbocycles. The van der Waals surface area contributed by atoms with Crippen LogP contribution in [0.15, 0.2) is 22.4 Å². The van der Waals surface area contributed by atoms with Crippen molar-refractivity contribution in [2.45, 2.75) is 25.7 Å². The molecule has 1 N–H and O–H groups in total. The van der Waals surface area contributed by atoms with Crippen molar-refractivity contribution in [3.05, 3.63) is 22.4 Å². The van der Waals surface area contributed by atoms with E-state index < -0.39 is 0 Å². The SMILES string of the molecule is [OH][Rh-][C]1=CCCC=CCC1. The monoisotopic (exact) mass is 227 g/mol. The number of allylic oxidation sites excluding steroid dienone is 4. The molecule has 0 saturated carbocycles. The Morgan fingerprint density at radius 2 is 2.00 bits per heavy atom. The van der Waals surface area contributed by atoms with Crippen LogP contribution in [-0.2, 0) is 17.5 Å². The Morgan fingerprint density at radius 1 is 1.20 bits per heavy atom. The van der Waals surface area contributed by atoms with Crippen LogP contribution in [0.3, 0.4) is 0 Å². The van der Waals surface area contributed by atoms with E-state index in [1.54, 1.807) is 0 Å². The minimum absolute atomic E-state index is 0.304. The minimum atomic E-state index is -0.304. The molecular formula is C8H12ORh-. The fraction of sp³-hybridized carbons (Fsp3) is 0.500. The van der Waals surface area contributed by atoms with Crippen LogP contribution in [0.4, 0.5) is 0 Å². The molecule has 0 unspecified atom stereocenters. The Kier molecular flexibility index (Phi) is 3.93. The summed E-state index contributed by atoms with van der Waals surface area (Å²) in [6.07, 6.45) is 11.0.